The van der Waals surface area contributed by atoms with Gasteiger partial charge in [-0.15, -0.1) is 0 Å². The third-order valence-electron chi connectivity index (χ3n) is 7.02. The molecule has 2 saturated carbocycles. The van der Waals surface area contributed by atoms with Gasteiger partial charge >= 0.3 is 0 Å². The van der Waals surface area contributed by atoms with Crippen molar-refractivity contribution in [1.29, 1.82) is 0 Å². The van der Waals surface area contributed by atoms with Gasteiger partial charge in [0, 0.05) is 5.56 Å². The summed E-state index contributed by atoms with van der Waals surface area (Å²) in [5.41, 5.74) is 2.55. The lowest BCUT2D eigenvalue weighted by Gasteiger charge is -2.50. The molecule has 2 fully saturated rings. The van der Waals surface area contributed by atoms with Crippen LogP contribution in [0.25, 0.3) is 0 Å². The summed E-state index contributed by atoms with van der Waals surface area (Å²) in [6, 6.07) is 4.08. The molecule has 4 rings (SSSR count). The molecule has 0 radical (unpaired) electrons. The van der Waals surface area contributed by atoms with Gasteiger partial charge in [0.15, 0.2) is 11.5 Å². The van der Waals surface area contributed by atoms with Crippen LogP contribution in [0.2, 0.25) is 0 Å². The number of benzene rings is 1. The summed E-state index contributed by atoms with van der Waals surface area (Å²) < 4.78 is 5.26. The van der Waals surface area contributed by atoms with E-state index >= 15 is 0 Å². The Kier molecular flexibility index (Phi) is 3.19. The topological polar surface area (TPSA) is 49.7 Å². The van der Waals surface area contributed by atoms with Crippen molar-refractivity contribution in [2.75, 3.05) is 7.11 Å². The van der Waals surface area contributed by atoms with E-state index in [1.165, 1.54) is 5.56 Å². The van der Waals surface area contributed by atoms with Crippen LogP contribution in [0.15, 0.2) is 12.1 Å². The van der Waals surface area contributed by atoms with Crippen molar-refractivity contribution in [1.82, 2.24) is 0 Å². The van der Waals surface area contributed by atoms with Gasteiger partial charge in [-0.25, -0.2) is 0 Å². The molecule has 3 heteroatoms. The first kappa shape index (κ1) is 14.4. The lowest BCUT2D eigenvalue weighted by molar-refractivity contribution is -0.0227. The molecule has 5 atom stereocenters. The van der Waals surface area contributed by atoms with E-state index in [1.54, 1.807) is 7.11 Å². The Bertz CT molecular complexity index is 597. The maximum atomic E-state index is 10.4. The number of hydrogen-bond donors (Lipinski definition) is 2. The molecule has 22 heavy (non-hydrogen) atoms. The van der Waals surface area contributed by atoms with Crippen molar-refractivity contribution in [3.63, 3.8) is 0 Å². The fourth-order valence-electron chi connectivity index (χ4n) is 5.76. The summed E-state index contributed by atoms with van der Waals surface area (Å²) in [4.78, 5) is 0. The second-order valence-corrected chi connectivity index (χ2v) is 7.74. The summed E-state index contributed by atoms with van der Waals surface area (Å²) >= 11 is 0. The average molecular weight is 302 g/mol. The molecule has 3 aliphatic rings. The first-order chi connectivity index (χ1) is 10.6. The number of fused-ring (bicyclic) bond motifs is 5. The molecule has 0 aromatic heterocycles. The molecular formula is C19H26O3. The summed E-state index contributed by atoms with van der Waals surface area (Å²) in [5, 5.41) is 20.9. The second kappa shape index (κ2) is 4.89. The van der Waals surface area contributed by atoms with Crippen molar-refractivity contribution >= 4 is 0 Å². The SMILES string of the molecule is COc1ccc2c(c1O)CC[C@@H]1[C@@H]2CC[C@]2(C)[C@H](O)CC[C@@H]12. The van der Waals surface area contributed by atoms with Crippen molar-refractivity contribution in [3.05, 3.63) is 23.3 Å². The van der Waals surface area contributed by atoms with Crippen LogP contribution in [-0.4, -0.2) is 23.4 Å². The quantitative estimate of drug-likeness (QED) is 0.833. The average Bonchev–Trinajstić information content (AvgIpc) is 2.83. The third-order valence-corrected chi connectivity index (χ3v) is 7.02. The van der Waals surface area contributed by atoms with Crippen LogP contribution in [-0.2, 0) is 6.42 Å². The Labute approximate surface area is 132 Å². The molecule has 1 aromatic carbocycles. The van der Waals surface area contributed by atoms with Gasteiger partial charge in [0.1, 0.15) is 0 Å². The van der Waals surface area contributed by atoms with E-state index in [4.69, 9.17) is 4.74 Å². The van der Waals surface area contributed by atoms with Crippen LogP contribution in [0.3, 0.4) is 0 Å². The first-order valence-electron chi connectivity index (χ1n) is 8.63. The minimum atomic E-state index is -0.121. The molecule has 0 aliphatic heterocycles. The minimum absolute atomic E-state index is 0.118. The van der Waals surface area contributed by atoms with E-state index in [2.05, 4.69) is 13.0 Å². The normalized spacial score (nSPS) is 39.8. The predicted octanol–water partition coefficient (Wildman–Crippen LogP) is 3.62. The maximum Gasteiger partial charge on any atom is 0.161 e. The molecule has 0 spiro atoms. The fourth-order valence-corrected chi connectivity index (χ4v) is 5.76. The molecule has 120 valence electrons. The highest BCUT2D eigenvalue weighted by atomic mass is 16.5. The van der Waals surface area contributed by atoms with Gasteiger partial charge in [0.25, 0.3) is 0 Å². The molecular weight excluding hydrogens is 276 g/mol. The molecule has 0 amide bonds. The highest BCUT2D eigenvalue weighted by Gasteiger charge is 2.54. The Morgan fingerprint density at radius 3 is 2.77 bits per heavy atom. The molecule has 0 heterocycles. The summed E-state index contributed by atoms with van der Waals surface area (Å²) in [6.07, 6.45) is 6.30. The Morgan fingerprint density at radius 2 is 2.00 bits per heavy atom. The number of methoxy groups -OCH3 is 1. The van der Waals surface area contributed by atoms with Gasteiger partial charge in [-0.2, -0.15) is 0 Å². The molecule has 3 nitrogen and oxygen atoms in total. The van der Waals surface area contributed by atoms with Crippen LogP contribution in [0.1, 0.15) is 56.1 Å². The van der Waals surface area contributed by atoms with Crippen LogP contribution in [0, 0.1) is 17.3 Å². The van der Waals surface area contributed by atoms with Crippen molar-refractivity contribution < 1.29 is 14.9 Å². The van der Waals surface area contributed by atoms with Crippen molar-refractivity contribution in [2.24, 2.45) is 17.3 Å². The number of phenolic OH excluding ortho intramolecular Hbond substituents is 1. The van der Waals surface area contributed by atoms with Gasteiger partial charge in [0.2, 0.25) is 0 Å². The Morgan fingerprint density at radius 1 is 1.18 bits per heavy atom. The maximum absolute atomic E-state index is 10.4. The van der Waals surface area contributed by atoms with E-state index in [9.17, 15) is 10.2 Å². The number of hydrogen-bond acceptors (Lipinski definition) is 3. The van der Waals surface area contributed by atoms with Crippen LogP contribution in [0.4, 0.5) is 0 Å². The Hall–Kier alpha value is -1.22. The number of aliphatic hydroxyl groups excluding tert-OH is 1. The monoisotopic (exact) mass is 302 g/mol. The molecule has 0 bridgehead atoms. The highest BCUT2D eigenvalue weighted by Crippen LogP contribution is 2.61. The molecule has 0 unspecified atom stereocenters. The van der Waals surface area contributed by atoms with E-state index in [1.807, 2.05) is 6.07 Å². The molecule has 1 aromatic rings. The minimum Gasteiger partial charge on any atom is -0.504 e. The first-order valence-corrected chi connectivity index (χ1v) is 8.63. The zero-order valence-electron chi connectivity index (χ0n) is 13.5. The number of aliphatic hydroxyl groups is 1. The van der Waals surface area contributed by atoms with Gasteiger partial charge in [0.05, 0.1) is 13.2 Å². The predicted molar refractivity (Wildman–Crippen MR) is 85.3 cm³/mol. The summed E-state index contributed by atoms with van der Waals surface area (Å²) in [6.45, 7) is 2.30. The van der Waals surface area contributed by atoms with Crippen LogP contribution >= 0.6 is 0 Å². The zero-order valence-corrected chi connectivity index (χ0v) is 13.5. The van der Waals surface area contributed by atoms with Crippen molar-refractivity contribution in [3.8, 4) is 11.5 Å². The molecule has 0 saturated heterocycles. The number of ether oxygens (including phenoxy) is 1. The second-order valence-electron chi connectivity index (χ2n) is 7.74. The smallest absolute Gasteiger partial charge is 0.161 e. The van der Waals surface area contributed by atoms with Crippen molar-refractivity contribution in [2.45, 2.75) is 57.5 Å². The molecule has 3 aliphatic carbocycles. The number of phenols is 1. The summed E-state index contributed by atoms with van der Waals surface area (Å²) in [7, 11) is 1.61. The Balaban J connectivity index is 1.72. The zero-order chi connectivity index (χ0) is 15.5. The number of aromatic hydroxyl groups is 1. The van der Waals surface area contributed by atoms with Gasteiger partial charge in [-0.3, -0.25) is 0 Å². The third kappa shape index (κ3) is 1.78. The van der Waals surface area contributed by atoms with Crippen LogP contribution < -0.4 is 4.74 Å². The van der Waals surface area contributed by atoms with E-state index < -0.39 is 0 Å². The summed E-state index contributed by atoms with van der Waals surface area (Å²) in [5.74, 6) is 2.78. The van der Waals surface area contributed by atoms with Gasteiger partial charge in [-0.1, -0.05) is 13.0 Å². The lowest BCUT2D eigenvalue weighted by atomic mass is 9.55. The standard InChI is InChI=1S/C19H26O3/c1-19-10-9-12-11-5-7-16(22-2)18(21)14(11)4-3-13(12)15(19)6-8-17(19)20/h5,7,12-13,15,17,20-21H,3-4,6,8-10H2,1-2H3/t12-,13-,15+,17-,19+/m1/s1. The van der Waals surface area contributed by atoms with Crippen LogP contribution in [0.5, 0.6) is 11.5 Å². The highest BCUT2D eigenvalue weighted by molar-refractivity contribution is 5.52. The largest absolute Gasteiger partial charge is 0.504 e. The van der Waals surface area contributed by atoms with E-state index in [-0.39, 0.29) is 11.5 Å². The van der Waals surface area contributed by atoms with Gasteiger partial charge < -0.3 is 14.9 Å². The van der Waals surface area contributed by atoms with E-state index in [0.717, 1.165) is 44.1 Å². The fraction of sp³-hybridized carbons (Fsp3) is 0.684. The van der Waals surface area contributed by atoms with Gasteiger partial charge in [-0.05, 0) is 73.3 Å². The number of rotatable bonds is 1. The lowest BCUT2D eigenvalue weighted by Crippen LogP contribution is -2.43. The molecule has 2 N–H and O–H groups in total. The van der Waals surface area contributed by atoms with E-state index in [0.29, 0.717) is 29.3 Å².